The fourth-order valence-electron chi connectivity index (χ4n) is 9.34. The molecule has 38 heavy (non-hydrogen) atoms. The van der Waals surface area contributed by atoms with E-state index in [9.17, 15) is 4.79 Å². The molecule has 0 aromatic heterocycles. The molecule has 214 valence electrons. The van der Waals surface area contributed by atoms with Crippen LogP contribution in [0.3, 0.4) is 0 Å². The van der Waals surface area contributed by atoms with E-state index in [1.807, 2.05) is 0 Å². The Kier molecular flexibility index (Phi) is 9.80. The highest BCUT2D eigenvalue weighted by molar-refractivity contribution is 6.59. The monoisotopic (exact) mass is 582 g/mol. The third-order valence-electron chi connectivity index (χ3n) is 11.6. The summed E-state index contributed by atoms with van der Waals surface area (Å²) in [7, 11) is 0. The lowest BCUT2D eigenvalue weighted by molar-refractivity contribution is -0.150. The molecule has 0 amide bonds. The van der Waals surface area contributed by atoms with E-state index in [2.05, 4.69) is 59.8 Å². The van der Waals surface area contributed by atoms with Gasteiger partial charge in [0.15, 0.2) is 0 Å². The summed E-state index contributed by atoms with van der Waals surface area (Å²) in [5, 5.41) is 0.147. The van der Waals surface area contributed by atoms with Gasteiger partial charge in [-0.15, -0.1) is 0 Å². The Bertz CT molecular complexity index is 963. The Morgan fingerprint density at radius 2 is 1.79 bits per heavy atom. The molecule has 0 aromatic carbocycles. The lowest BCUT2D eigenvalue weighted by Crippen LogP contribution is -2.51. The molecule has 4 rings (SSSR count). The first-order chi connectivity index (χ1) is 17.9. The van der Waals surface area contributed by atoms with E-state index in [-0.39, 0.29) is 33.4 Å². The van der Waals surface area contributed by atoms with E-state index < -0.39 is 0 Å². The first-order valence-electron chi connectivity index (χ1n) is 15.2. The molecule has 0 aromatic rings. The molecule has 0 N–H and O–H groups in total. The van der Waals surface area contributed by atoms with Crippen LogP contribution in [0.15, 0.2) is 33.3 Å². The second kappa shape index (κ2) is 12.2. The van der Waals surface area contributed by atoms with Crippen molar-refractivity contribution in [2.75, 3.05) is 0 Å². The van der Waals surface area contributed by atoms with Gasteiger partial charge in [0.25, 0.3) is 0 Å². The van der Waals surface area contributed by atoms with Gasteiger partial charge in [-0.1, -0.05) is 100 Å². The van der Waals surface area contributed by atoms with Crippen molar-refractivity contribution >= 4 is 40.8 Å². The van der Waals surface area contributed by atoms with Crippen molar-refractivity contribution in [3.8, 4) is 0 Å². The van der Waals surface area contributed by atoms with Gasteiger partial charge in [-0.25, -0.2) is 0 Å². The maximum Gasteiger partial charge on any atom is 0.311 e. The quantitative estimate of drug-likeness (QED) is 0.210. The number of carbonyl (C=O) groups excluding carboxylic acids is 1. The van der Waals surface area contributed by atoms with Crippen molar-refractivity contribution < 1.29 is 9.53 Å². The van der Waals surface area contributed by atoms with Crippen LogP contribution in [0.5, 0.6) is 0 Å². The molecule has 4 aliphatic rings. The largest absolute Gasteiger partial charge is 0.462 e. The maximum absolute atomic E-state index is 12.4. The lowest BCUT2D eigenvalue weighted by Gasteiger charge is -2.58. The molecular formula is C33H49Cl3O2. The number of hydrogen-bond acceptors (Lipinski definition) is 2. The van der Waals surface area contributed by atoms with Crippen LogP contribution < -0.4 is 0 Å². The Balaban J connectivity index is 1.44. The summed E-state index contributed by atoms with van der Waals surface area (Å²) in [4.78, 5) is 12.4. The van der Waals surface area contributed by atoms with Crippen LogP contribution in [0.4, 0.5) is 0 Å². The Labute approximate surface area is 247 Å². The fraction of sp³-hybridized carbons (Fsp3) is 0.788. The standard InChI is InChI=1S/C33H49Cl3O2/c1-7-22(20(2)3)9-8-21(4)26-12-13-27-25-11-10-23-18-24(38-30(37)19-29(34)31(35)36)14-16-32(23,5)28(25)15-17-33(26,27)6/h8-10,20-22,24-28H,7,11-19H2,1-6H3/t21-,22?,24+,25?,26-,27?,28?,32+,33-/m1/s1. The smallest absolute Gasteiger partial charge is 0.311 e. The minimum atomic E-state index is -0.344. The number of fused-ring (bicyclic) bond motifs is 5. The van der Waals surface area contributed by atoms with E-state index in [0.29, 0.717) is 23.2 Å². The Hall–Kier alpha value is -0.440. The first kappa shape index (κ1) is 30.5. The SMILES string of the molecule is CCC(C=C[C@@H](C)[C@H]1CCC2C3CC=C4C[C@@H](OC(=O)CC(Cl)=C(Cl)Cl)CC[C@]4(C)C3CC[C@@]21C)C(C)C. The van der Waals surface area contributed by atoms with Gasteiger partial charge in [0, 0.05) is 6.42 Å². The van der Waals surface area contributed by atoms with Gasteiger partial charge in [-0.05, 0) is 104 Å². The number of rotatable bonds is 8. The summed E-state index contributed by atoms with van der Waals surface area (Å²) in [5.41, 5.74) is 2.21. The van der Waals surface area contributed by atoms with Gasteiger partial charge in [0.2, 0.25) is 0 Å². The minimum absolute atomic E-state index is 0.0625. The second-order valence-electron chi connectivity index (χ2n) is 13.7. The predicted molar refractivity (Wildman–Crippen MR) is 161 cm³/mol. The van der Waals surface area contributed by atoms with Crippen LogP contribution >= 0.6 is 34.8 Å². The van der Waals surface area contributed by atoms with Crippen LogP contribution in [-0.4, -0.2) is 12.1 Å². The van der Waals surface area contributed by atoms with Crippen LogP contribution in [0.25, 0.3) is 0 Å². The van der Waals surface area contributed by atoms with E-state index in [1.165, 1.54) is 44.1 Å². The predicted octanol–water partition coefficient (Wildman–Crippen LogP) is 10.6. The van der Waals surface area contributed by atoms with Crippen molar-refractivity contribution in [2.24, 2.45) is 52.3 Å². The Morgan fingerprint density at radius 1 is 1.05 bits per heavy atom. The Morgan fingerprint density at radius 3 is 2.45 bits per heavy atom. The van der Waals surface area contributed by atoms with Crippen LogP contribution in [0, 0.1) is 52.3 Å². The third-order valence-corrected chi connectivity index (χ3v) is 12.5. The number of allylic oxidation sites excluding steroid dienone is 3. The van der Waals surface area contributed by atoms with Gasteiger partial charge in [0.05, 0.1) is 11.5 Å². The lowest BCUT2D eigenvalue weighted by atomic mass is 9.47. The minimum Gasteiger partial charge on any atom is -0.462 e. The number of carbonyl (C=O) groups is 1. The van der Waals surface area contributed by atoms with Gasteiger partial charge in [-0.3, -0.25) is 4.79 Å². The average molecular weight is 584 g/mol. The van der Waals surface area contributed by atoms with Crippen molar-refractivity contribution in [3.05, 3.63) is 33.3 Å². The molecule has 0 radical (unpaired) electrons. The zero-order chi connectivity index (χ0) is 27.8. The van der Waals surface area contributed by atoms with Crippen molar-refractivity contribution in [1.82, 2.24) is 0 Å². The molecule has 9 atom stereocenters. The zero-order valence-corrected chi connectivity index (χ0v) is 26.6. The van der Waals surface area contributed by atoms with Crippen molar-refractivity contribution in [2.45, 2.75) is 112 Å². The summed E-state index contributed by atoms with van der Waals surface area (Å²) in [6.45, 7) is 14.7. The molecule has 0 saturated heterocycles. The number of esters is 1. The van der Waals surface area contributed by atoms with Crippen molar-refractivity contribution in [3.63, 3.8) is 0 Å². The summed E-state index contributed by atoms with van der Waals surface area (Å²) in [5.74, 6) is 4.88. The van der Waals surface area contributed by atoms with Gasteiger partial charge < -0.3 is 4.74 Å². The molecule has 3 saturated carbocycles. The van der Waals surface area contributed by atoms with E-state index in [0.717, 1.165) is 42.9 Å². The molecule has 0 bridgehead atoms. The van der Waals surface area contributed by atoms with E-state index in [4.69, 9.17) is 39.5 Å². The van der Waals surface area contributed by atoms with Crippen LogP contribution in [0.2, 0.25) is 0 Å². The number of ether oxygens (including phenoxy) is 1. The van der Waals surface area contributed by atoms with Crippen molar-refractivity contribution in [1.29, 1.82) is 0 Å². The molecule has 0 spiro atoms. The molecule has 2 nitrogen and oxygen atoms in total. The second-order valence-corrected chi connectivity index (χ2v) is 15.2. The molecule has 4 unspecified atom stereocenters. The molecule has 0 aliphatic heterocycles. The summed E-state index contributed by atoms with van der Waals surface area (Å²) in [6.07, 6.45) is 18.3. The summed E-state index contributed by atoms with van der Waals surface area (Å²) < 4.78 is 5.74. The van der Waals surface area contributed by atoms with Crippen LogP contribution in [0.1, 0.15) is 106 Å². The summed E-state index contributed by atoms with van der Waals surface area (Å²) in [6, 6.07) is 0. The van der Waals surface area contributed by atoms with Crippen LogP contribution in [-0.2, 0) is 9.53 Å². The van der Waals surface area contributed by atoms with E-state index in [1.54, 1.807) is 0 Å². The van der Waals surface area contributed by atoms with Gasteiger partial charge in [0.1, 0.15) is 10.6 Å². The van der Waals surface area contributed by atoms with Gasteiger partial charge >= 0.3 is 5.97 Å². The highest BCUT2D eigenvalue weighted by Gasteiger charge is 2.59. The maximum atomic E-state index is 12.4. The molecule has 4 aliphatic carbocycles. The average Bonchev–Trinajstić information content (AvgIpc) is 3.21. The molecule has 0 heterocycles. The highest BCUT2D eigenvalue weighted by Crippen LogP contribution is 2.67. The molecule has 3 fully saturated rings. The topological polar surface area (TPSA) is 26.3 Å². The zero-order valence-electron chi connectivity index (χ0n) is 24.4. The van der Waals surface area contributed by atoms with E-state index >= 15 is 0 Å². The molecule has 5 heteroatoms. The summed E-state index contributed by atoms with van der Waals surface area (Å²) >= 11 is 17.4. The van der Waals surface area contributed by atoms with Gasteiger partial charge in [-0.2, -0.15) is 0 Å². The fourth-order valence-corrected chi connectivity index (χ4v) is 9.58. The number of hydrogen-bond donors (Lipinski definition) is 0. The highest BCUT2D eigenvalue weighted by atomic mass is 35.5. The third kappa shape index (κ3) is 5.94. The molecular weight excluding hydrogens is 535 g/mol. The number of halogens is 3. The first-order valence-corrected chi connectivity index (χ1v) is 16.3. The normalized spacial score (nSPS) is 38.2.